The van der Waals surface area contributed by atoms with Gasteiger partial charge in [0.15, 0.2) is 0 Å². The first-order chi connectivity index (χ1) is 8.81. The summed E-state index contributed by atoms with van der Waals surface area (Å²) in [6, 6.07) is 7.17. The summed E-state index contributed by atoms with van der Waals surface area (Å²) in [4.78, 5) is 22.5. The maximum absolute atomic E-state index is 11.6. The predicted octanol–water partition coefficient (Wildman–Crippen LogP) is 2.55. The van der Waals surface area contributed by atoms with Crippen LogP contribution in [0.3, 0.4) is 0 Å². The summed E-state index contributed by atoms with van der Waals surface area (Å²) in [6.07, 6.45) is 0. The van der Waals surface area contributed by atoms with Crippen molar-refractivity contribution in [3.05, 3.63) is 34.9 Å². The van der Waals surface area contributed by atoms with E-state index in [0.717, 1.165) is 17.3 Å². The van der Waals surface area contributed by atoms with E-state index in [1.807, 2.05) is 12.1 Å². The van der Waals surface area contributed by atoms with Crippen LogP contribution in [-0.2, 0) is 16.1 Å². The molecule has 0 heterocycles. The van der Waals surface area contributed by atoms with Gasteiger partial charge < -0.3 is 10.4 Å². The second kappa shape index (κ2) is 6.82. The van der Waals surface area contributed by atoms with Gasteiger partial charge in [0.05, 0.1) is 5.75 Å². The summed E-state index contributed by atoms with van der Waals surface area (Å²) >= 11 is 6.86. The van der Waals surface area contributed by atoms with Crippen LogP contribution in [0.25, 0.3) is 0 Å². The second-order valence-electron chi connectivity index (χ2n) is 4.51. The van der Waals surface area contributed by atoms with E-state index in [-0.39, 0.29) is 11.7 Å². The smallest absolute Gasteiger partial charge is 0.319 e. The van der Waals surface area contributed by atoms with Crippen LogP contribution < -0.4 is 5.32 Å². The summed E-state index contributed by atoms with van der Waals surface area (Å²) < 4.78 is -0.961. The summed E-state index contributed by atoms with van der Waals surface area (Å²) in [5.74, 6) is -0.996. The fourth-order valence-electron chi connectivity index (χ4n) is 1.16. The van der Waals surface area contributed by atoms with E-state index in [9.17, 15) is 9.59 Å². The van der Waals surface area contributed by atoms with Gasteiger partial charge in [0.2, 0.25) is 5.91 Å². The van der Waals surface area contributed by atoms with Gasteiger partial charge in [0.1, 0.15) is 4.75 Å². The Kier molecular flexibility index (Phi) is 5.69. The molecule has 0 spiro atoms. The van der Waals surface area contributed by atoms with Crippen LogP contribution in [-0.4, -0.2) is 27.5 Å². The number of aliphatic carboxylic acids is 1. The summed E-state index contributed by atoms with van der Waals surface area (Å²) in [5, 5.41) is 12.3. The minimum Gasteiger partial charge on any atom is -0.480 e. The Balaban J connectivity index is 2.36. The average Bonchev–Trinajstić information content (AvgIpc) is 2.35. The number of halogens is 1. The molecule has 1 aromatic rings. The average molecular weight is 302 g/mol. The van der Waals surface area contributed by atoms with Gasteiger partial charge in [-0.05, 0) is 31.5 Å². The summed E-state index contributed by atoms with van der Waals surface area (Å²) in [5.41, 5.74) is 0.945. The summed E-state index contributed by atoms with van der Waals surface area (Å²) in [6.45, 7) is 3.56. The second-order valence-corrected chi connectivity index (χ2v) is 6.54. The van der Waals surface area contributed by atoms with Crippen molar-refractivity contribution in [3.63, 3.8) is 0 Å². The number of carboxylic acids is 1. The maximum atomic E-state index is 11.6. The van der Waals surface area contributed by atoms with E-state index in [1.165, 1.54) is 0 Å². The molecule has 1 rings (SSSR count). The fraction of sp³-hybridized carbons (Fsp3) is 0.385. The van der Waals surface area contributed by atoms with Crippen LogP contribution in [0.15, 0.2) is 24.3 Å². The molecule has 0 radical (unpaired) electrons. The number of amides is 1. The molecule has 0 bridgehead atoms. The highest BCUT2D eigenvalue weighted by atomic mass is 35.5. The molecule has 104 valence electrons. The highest BCUT2D eigenvalue weighted by Gasteiger charge is 2.28. The zero-order chi connectivity index (χ0) is 14.5. The van der Waals surface area contributed by atoms with Gasteiger partial charge in [-0.1, -0.05) is 23.7 Å². The number of nitrogens with one attached hydrogen (secondary N) is 1. The predicted molar refractivity (Wildman–Crippen MR) is 77.5 cm³/mol. The molecule has 0 aromatic heterocycles. The van der Waals surface area contributed by atoms with Gasteiger partial charge in [0.25, 0.3) is 0 Å². The number of hydrogen-bond acceptors (Lipinski definition) is 3. The number of rotatable bonds is 6. The standard InChI is InChI=1S/C13H16ClNO3S/c1-13(2,12(17)18)19-8-11(16)15-7-9-3-5-10(14)6-4-9/h3-6H,7-8H2,1-2H3,(H,15,16)(H,17,18). The monoisotopic (exact) mass is 301 g/mol. The highest BCUT2D eigenvalue weighted by molar-refractivity contribution is 8.01. The lowest BCUT2D eigenvalue weighted by molar-refractivity contribution is -0.138. The largest absolute Gasteiger partial charge is 0.480 e. The van der Waals surface area contributed by atoms with Crippen molar-refractivity contribution in [3.8, 4) is 0 Å². The van der Waals surface area contributed by atoms with E-state index in [4.69, 9.17) is 16.7 Å². The Bertz CT molecular complexity index is 459. The molecule has 0 saturated carbocycles. The normalized spacial score (nSPS) is 11.1. The first-order valence-corrected chi connectivity index (χ1v) is 7.06. The summed E-state index contributed by atoms with van der Waals surface area (Å²) in [7, 11) is 0. The quantitative estimate of drug-likeness (QED) is 0.847. The van der Waals surface area contributed by atoms with Gasteiger partial charge in [-0.2, -0.15) is 0 Å². The highest BCUT2D eigenvalue weighted by Crippen LogP contribution is 2.24. The third-order valence-electron chi connectivity index (χ3n) is 2.48. The van der Waals surface area contributed by atoms with Crippen molar-refractivity contribution < 1.29 is 14.7 Å². The van der Waals surface area contributed by atoms with Gasteiger partial charge in [-0.25, -0.2) is 0 Å². The first kappa shape index (κ1) is 15.9. The van der Waals surface area contributed by atoms with Crippen molar-refractivity contribution in [2.45, 2.75) is 25.1 Å². The topological polar surface area (TPSA) is 66.4 Å². The lowest BCUT2D eigenvalue weighted by atomic mass is 10.2. The minimum atomic E-state index is -0.961. The number of carbonyl (C=O) groups is 2. The Morgan fingerprint density at radius 3 is 2.42 bits per heavy atom. The minimum absolute atomic E-state index is 0.118. The van der Waals surface area contributed by atoms with Crippen molar-refractivity contribution in [1.82, 2.24) is 5.32 Å². The van der Waals surface area contributed by atoms with Gasteiger partial charge in [-0.15, -0.1) is 11.8 Å². The van der Waals surface area contributed by atoms with E-state index in [1.54, 1.807) is 26.0 Å². The van der Waals surface area contributed by atoms with Crippen LogP contribution in [0, 0.1) is 0 Å². The van der Waals surface area contributed by atoms with Crippen molar-refractivity contribution in [2.24, 2.45) is 0 Å². The molecule has 2 N–H and O–H groups in total. The molecule has 0 fully saturated rings. The fourth-order valence-corrected chi connectivity index (χ4v) is 2.01. The molecule has 1 aromatic carbocycles. The van der Waals surface area contributed by atoms with Crippen LogP contribution in [0.1, 0.15) is 19.4 Å². The molecule has 4 nitrogen and oxygen atoms in total. The van der Waals surface area contributed by atoms with E-state index in [2.05, 4.69) is 5.32 Å². The van der Waals surface area contributed by atoms with E-state index in [0.29, 0.717) is 11.6 Å². The number of thioether (sulfide) groups is 1. The number of benzene rings is 1. The molecule has 0 unspecified atom stereocenters. The molecular formula is C13H16ClNO3S. The Morgan fingerprint density at radius 1 is 1.32 bits per heavy atom. The Morgan fingerprint density at radius 2 is 1.89 bits per heavy atom. The molecule has 0 aliphatic heterocycles. The van der Waals surface area contributed by atoms with Crippen LogP contribution in [0.2, 0.25) is 5.02 Å². The molecule has 0 atom stereocenters. The number of carboxylic acid groups (broad SMARTS) is 1. The van der Waals surface area contributed by atoms with Crippen LogP contribution in [0.4, 0.5) is 0 Å². The zero-order valence-corrected chi connectivity index (χ0v) is 12.3. The number of hydrogen-bond donors (Lipinski definition) is 2. The van der Waals surface area contributed by atoms with Gasteiger partial charge in [-0.3, -0.25) is 9.59 Å². The molecule has 6 heteroatoms. The lowest BCUT2D eigenvalue weighted by Crippen LogP contribution is -2.31. The third-order valence-corrected chi connectivity index (χ3v) is 4.04. The SMILES string of the molecule is CC(C)(SCC(=O)NCc1ccc(Cl)cc1)C(=O)O. The third kappa shape index (κ3) is 5.53. The maximum Gasteiger partial charge on any atom is 0.319 e. The van der Waals surface area contributed by atoms with E-state index >= 15 is 0 Å². The Labute approximate surface area is 121 Å². The zero-order valence-electron chi connectivity index (χ0n) is 10.8. The van der Waals surface area contributed by atoms with Gasteiger partial charge in [0, 0.05) is 11.6 Å². The molecule has 0 aliphatic rings. The van der Waals surface area contributed by atoms with Crippen molar-refractivity contribution in [1.29, 1.82) is 0 Å². The Hall–Kier alpha value is -1.20. The van der Waals surface area contributed by atoms with Crippen molar-refractivity contribution >= 4 is 35.2 Å². The first-order valence-electron chi connectivity index (χ1n) is 5.70. The van der Waals surface area contributed by atoms with Crippen molar-refractivity contribution in [2.75, 3.05) is 5.75 Å². The van der Waals surface area contributed by atoms with Crippen LogP contribution in [0.5, 0.6) is 0 Å². The van der Waals surface area contributed by atoms with E-state index < -0.39 is 10.7 Å². The number of carbonyl (C=O) groups excluding carboxylic acids is 1. The molecule has 0 aliphatic carbocycles. The lowest BCUT2D eigenvalue weighted by Gasteiger charge is -2.17. The van der Waals surface area contributed by atoms with Gasteiger partial charge >= 0.3 is 5.97 Å². The molecule has 1 amide bonds. The molecule has 19 heavy (non-hydrogen) atoms. The molecular weight excluding hydrogens is 286 g/mol. The molecule has 0 saturated heterocycles. The van der Waals surface area contributed by atoms with Crippen LogP contribution >= 0.6 is 23.4 Å².